The first kappa shape index (κ1) is 18.5. The van der Waals surface area contributed by atoms with Gasteiger partial charge in [-0.05, 0) is 45.6 Å². The van der Waals surface area contributed by atoms with E-state index in [0.717, 1.165) is 38.2 Å². The van der Waals surface area contributed by atoms with Crippen LogP contribution in [0.25, 0.3) is 0 Å². The largest absolute Gasteiger partial charge is 0.381 e. The predicted octanol–water partition coefficient (Wildman–Crippen LogP) is 2.04. The molecule has 2 aliphatic rings. The summed E-state index contributed by atoms with van der Waals surface area (Å²) < 4.78 is 5.48. The Balaban J connectivity index is 1.83. The lowest BCUT2D eigenvalue weighted by molar-refractivity contribution is 0.0735. The Bertz CT molecular complexity index is 390. The van der Waals surface area contributed by atoms with Gasteiger partial charge in [-0.25, -0.2) is 0 Å². The highest BCUT2D eigenvalue weighted by atomic mass is 16.5. The van der Waals surface area contributed by atoms with E-state index < -0.39 is 0 Å². The molecule has 1 N–H and O–H groups in total. The fraction of sp³-hybridized carbons (Fsp3) is 0.944. The molecular weight excluding hydrogens is 288 g/mol. The van der Waals surface area contributed by atoms with Gasteiger partial charge in [0.15, 0.2) is 5.96 Å². The minimum Gasteiger partial charge on any atom is -0.381 e. The van der Waals surface area contributed by atoms with Crippen molar-refractivity contribution in [1.82, 2.24) is 15.1 Å². The summed E-state index contributed by atoms with van der Waals surface area (Å²) in [6, 6.07) is 0. The zero-order valence-electron chi connectivity index (χ0n) is 15.8. The summed E-state index contributed by atoms with van der Waals surface area (Å²) in [6.07, 6.45) is 3.85. The number of rotatable bonds is 5. The van der Waals surface area contributed by atoms with Gasteiger partial charge in [-0.15, -0.1) is 0 Å². The molecule has 2 unspecified atom stereocenters. The van der Waals surface area contributed by atoms with Crippen LogP contribution in [-0.4, -0.2) is 74.8 Å². The average Bonchev–Trinajstić information content (AvgIpc) is 3.00. The van der Waals surface area contributed by atoms with Gasteiger partial charge in [-0.3, -0.25) is 9.89 Å². The predicted molar refractivity (Wildman–Crippen MR) is 97.0 cm³/mol. The molecule has 0 radical (unpaired) electrons. The van der Waals surface area contributed by atoms with Crippen LogP contribution in [0.3, 0.4) is 0 Å². The van der Waals surface area contributed by atoms with Crippen molar-refractivity contribution in [3.8, 4) is 0 Å². The maximum atomic E-state index is 5.48. The third-order valence-electron chi connectivity index (χ3n) is 5.32. The molecule has 2 saturated heterocycles. The van der Waals surface area contributed by atoms with Gasteiger partial charge in [0.1, 0.15) is 0 Å². The molecule has 2 fully saturated rings. The minimum atomic E-state index is 0.155. The Labute approximate surface area is 142 Å². The van der Waals surface area contributed by atoms with Crippen LogP contribution < -0.4 is 5.32 Å². The second kappa shape index (κ2) is 8.34. The highest BCUT2D eigenvalue weighted by Crippen LogP contribution is 2.23. The van der Waals surface area contributed by atoms with Crippen molar-refractivity contribution in [2.45, 2.75) is 45.6 Å². The molecule has 2 rings (SSSR count). The van der Waals surface area contributed by atoms with Crippen LogP contribution in [0.5, 0.6) is 0 Å². The first-order valence-electron chi connectivity index (χ1n) is 9.17. The summed E-state index contributed by atoms with van der Waals surface area (Å²) in [5, 5.41) is 3.59. The van der Waals surface area contributed by atoms with E-state index in [0.29, 0.717) is 5.92 Å². The second-order valence-electron chi connectivity index (χ2n) is 8.02. The van der Waals surface area contributed by atoms with Crippen molar-refractivity contribution in [2.24, 2.45) is 16.8 Å². The van der Waals surface area contributed by atoms with Crippen molar-refractivity contribution in [1.29, 1.82) is 0 Å². The molecule has 0 aromatic rings. The molecule has 5 nitrogen and oxygen atoms in total. The number of nitrogens with zero attached hydrogens (tertiary/aromatic N) is 3. The Morgan fingerprint density at radius 1 is 1.39 bits per heavy atom. The highest BCUT2D eigenvalue weighted by molar-refractivity contribution is 5.79. The monoisotopic (exact) mass is 324 g/mol. The van der Waals surface area contributed by atoms with E-state index in [1.165, 1.54) is 32.4 Å². The molecule has 2 heterocycles. The molecule has 23 heavy (non-hydrogen) atoms. The van der Waals surface area contributed by atoms with Gasteiger partial charge in [-0.1, -0.05) is 6.92 Å². The molecule has 0 aliphatic carbocycles. The number of hydrogen-bond donors (Lipinski definition) is 1. The van der Waals surface area contributed by atoms with Crippen LogP contribution in [0.15, 0.2) is 4.99 Å². The third-order valence-corrected chi connectivity index (χ3v) is 5.32. The molecule has 134 valence electrons. The zero-order chi connectivity index (χ0) is 16.9. The highest BCUT2D eigenvalue weighted by Gasteiger charge is 2.30. The molecule has 0 aromatic heterocycles. The molecular formula is C18H36N4O. The first-order valence-corrected chi connectivity index (χ1v) is 9.17. The Hall–Kier alpha value is -0.810. The van der Waals surface area contributed by atoms with Gasteiger partial charge in [0.2, 0.25) is 0 Å². The molecule has 0 bridgehead atoms. The standard InChI is InChI=1S/C18H36N4O/c1-15-7-6-9-22(11-15)18(2,3)14-20-17(19-4)21(5)12-16-8-10-23-13-16/h15-16H,6-14H2,1-5H3,(H,19,20). The quantitative estimate of drug-likeness (QED) is 0.621. The summed E-state index contributed by atoms with van der Waals surface area (Å²) in [6.45, 7) is 13.2. The smallest absolute Gasteiger partial charge is 0.193 e. The number of aliphatic imine (C=N–C) groups is 1. The van der Waals surface area contributed by atoms with Crippen LogP contribution in [0.4, 0.5) is 0 Å². The first-order chi connectivity index (χ1) is 10.9. The number of likely N-dealkylation sites (tertiary alicyclic amines) is 1. The number of hydrogen-bond acceptors (Lipinski definition) is 3. The molecule has 0 amide bonds. The van der Waals surface area contributed by atoms with E-state index in [1.54, 1.807) is 0 Å². The molecule has 0 saturated carbocycles. The van der Waals surface area contributed by atoms with E-state index in [2.05, 4.69) is 47.9 Å². The summed E-state index contributed by atoms with van der Waals surface area (Å²) in [7, 11) is 4.00. The van der Waals surface area contributed by atoms with E-state index in [-0.39, 0.29) is 5.54 Å². The van der Waals surface area contributed by atoms with Crippen molar-refractivity contribution in [3.63, 3.8) is 0 Å². The van der Waals surface area contributed by atoms with Gasteiger partial charge < -0.3 is 15.0 Å². The maximum absolute atomic E-state index is 5.48. The van der Waals surface area contributed by atoms with E-state index >= 15 is 0 Å². The number of piperidine rings is 1. The SMILES string of the molecule is CN=C(NCC(C)(C)N1CCCC(C)C1)N(C)CC1CCOC1. The number of guanidine groups is 1. The van der Waals surface area contributed by atoms with E-state index in [1.807, 2.05) is 7.05 Å². The summed E-state index contributed by atoms with van der Waals surface area (Å²) in [5.74, 6) is 2.44. The maximum Gasteiger partial charge on any atom is 0.193 e. The van der Waals surface area contributed by atoms with Crippen molar-refractivity contribution >= 4 is 5.96 Å². The van der Waals surface area contributed by atoms with Crippen LogP contribution in [0.1, 0.15) is 40.0 Å². The van der Waals surface area contributed by atoms with E-state index in [4.69, 9.17) is 4.74 Å². The van der Waals surface area contributed by atoms with Crippen molar-refractivity contribution in [2.75, 3.05) is 53.5 Å². The number of ether oxygens (including phenoxy) is 1. The van der Waals surface area contributed by atoms with Gasteiger partial charge >= 0.3 is 0 Å². The normalized spacial score (nSPS) is 27.3. The Kier molecular flexibility index (Phi) is 6.72. The van der Waals surface area contributed by atoms with Gasteiger partial charge in [-0.2, -0.15) is 0 Å². The van der Waals surface area contributed by atoms with Crippen LogP contribution >= 0.6 is 0 Å². The zero-order valence-corrected chi connectivity index (χ0v) is 15.8. The summed E-state index contributed by atoms with van der Waals surface area (Å²) in [4.78, 5) is 9.34. The fourth-order valence-electron chi connectivity index (χ4n) is 3.73. The molecule has 0 spiro atoms. The van der Waals surface area contributed by atoms with Crippen molar-refractivity contribution < 1.29 is 4.74 Å². The lowest BCUT2D eigenvalue weighted by atomic mass is 9.93. The lowest BCUT2D eigenvalue weighted by Crippen LogP contribution is -2.56. The molecule has 0 aromatic carbocycles. The van der Waals surface area contributed by atoms with Crippen LogP contribution in [-0.2, 0) is 4.74 Å². The Morgan fingerprint density at radius 2 is 2.17 bits per heavy atom. The minimum absolute atomic E-state index is 0.155. The Morgan fingerprint density at radius 3 is 2.78 bits per heavy atom. The topological polar surface area (TPSA) is 40.1 Å². The number of nitrogens with one attached hydrogen (secondary N) is 1. The van der Waals surface area contributed by atoms with Gasteiger partial charge in [0, 0.05) is 51.8 Å². The van der Waals surface area contributed by atoms with Crippen LogP contribution in [0, 0.1) is 11.8 Å². The van der Waals surface area contributed by atoms with Crippen LogP contribution in [0.2, 0.25) is 0 Å². The van der Waals surface area contributed by atoms with Crippen molar-refractivity contribution in [3.05, 3.63) is 0 Å². The van der Waals surface area contributed by atoms with Gasteiger partial charge in [0.25, 0.3) is 0 Å². The second-order valence-corrected chi connectivity index (χ2v) is 8.02. The lowest BCUT2D eigenvalue weighted by Gasteiger charge is -2.43. The van der Waals surface area contributed by atoms with E-state index in [9.17, 15) is 0 Å². The average molecular weight is 325 g/mol. The third kappa shape index (κ3) is 5.35. The molecule has 5 heteroatoms. The fourth-order valence-corrected chi connectivity index (χ4v) is 3.73. The van der Waals surface area contributed by atoms with Gasteiger partial charge in [0.05, 0.1) is 6.61 Å². The molecule has 2 aliphatic heterocycles. The summed E-state index contributed by atoms with van der Waals surface area (Å²) in [5.41, 5.74) is 0.155. The summed E-state index contributed by atoms with van der Waals surface area (Å²) >= 11 is 0. The molecule has 2 atom stereocenters.